The third-order valence-corrected chi connectivity index (χ3v) is 3.73. The number of carboxylic acid groups (broad SMARTS) is 1. The van der Waals surface area contributed by atoms with E-state index in [4.69, 9.17) is 5.11 Å². The van der Waals surface area contributed by atoms with Crippen LogP contribution in [0.3, 0.4) is 0 Å². The van der Waals surface area contributed by atoms with E-state index in [1.54, 1.807) is 0 Å². The molecule has 0 aliphatic carbocycles. The summed E-state index contributed by atoms with van der Waals surface area (Å²) in [7, 11) is 0. The summed E-state index contributed by atoms with van der Waals surface area (Å²) in [5.41, 5.74) is 1.71. The van der Waals surface area contributed by atoms with Crippen molar-refractivity contribution < 1.29 is 15.0 Å². The Labute approximate surface area is 125 Å². The quantitative estimate of drug-likeness (QED) is 0.646. The number of nitrogens with zero attached hydrogens (tertiary/aromatic N) is 2. The molecule has 6 nitrogen and oxygen atoms in total. The van der Waals surface area contributed by atoms with Gasteiger partial charge in [-0.3, -0.25) is 0 Å². The number of carboxylic acids is 1. The van der Waals surface area contributed by atoms with E-state index in [2.05, 4.69) is 15.5 Å². The van der Waals surface area contributed by atoms with Gasteiger partial charge in [-0.1, -0.05) is 27.2 Å². The summed E-state index contributed by atoms with van der Waals surface area (Å²) in [5.74, 6) is -0.364. The SMILES string of the molecule is CCc1nnc(NCC(CC)CCO)c(C(=O)O)c1CC. The molecule has 0 aromatic carbocycles. The number of aliphatic hydroxyl groups is 1. The molecule has 118 valence electrons. The molecule has 1 aromatic heterocycles. The van der Waals surface area contributed by atoms with Crippen molar-refractivity contribution in [2.24, 2.45) is 5.92 Å². The summed E-state index contributed by atoms with van der Waals surface area (Å²) in [6.07, 6.45) is 2.88. The Bertz CT molecular complexity index is 477. The molecular weight excluding hydrogens is 270 g/mol. The van der Waals surface area contributed by atoms with Crippen LogP contribution in [-0.2, 0) is 12.8 Å². The van der Waals surface area contributed by atoms with Gasteiger partial charge in [-0.05, 0) is 30.7 Å². The molecule has 0 aliphatic rings. The number of anilines is 1. The van der Waals surface area contributed by atoms with E-state index >= 15 is 0 Å². The monoisotopic (exact) mass is 295 g/mol. The Kier molecular flexibility index (Phi) is 7.08. The zero-order valence-corrected chi connectivity index (χ0v) is 13.0. The minimum absolute atomic E-state index is 0.132. The third kappa shape index (κ3) is 4.39. The van der Waals surface area contributed by atoms with Crippen LogP contribution in [0, 0.1) is 5.92 Å². The first kappa shape index (κ1) is 17.4. The summed E-state index contributed by atoms with van der Waals surface area (Å²) in [4.78, 5) is 11.6. The van der Waals surface area contributed by atoms with Crippen LogP contribution in [0.4, 0.5) is 5.82 Å². The van der Waals surface area contributed by atoms with E-state index in [0.717, 1.165) is 17.7 Å². The molecule has 6 heteroatoms. The van der Waals surface area contributed by atoms with Crippen molar-refractivity contribution in [1.29, 1.82) is 0 Å². The van der Waals surface area contributed by atoms with Gasteiger partial charge >= 0.3 is 5.97 Å². The molecule has 0 spiro atoms. The summed E-state index contributed by atoms with van der Waals surface area (Å²) < 4.78 is 0. The fourth-order valence-corrected chi connectivity index (χ4v) is 2.40. The number of carbonyl (C=O) groups is 1. The molecule has 1 unspecified atom stereocenters. The number of aromatic nitrogens is 2. The molecule has 0 saturated heterocycles. The van der Waals surface area contributed by atoms with E-state index in [0.29, 0.717) is 31.6 Å². The first-order chi connectivity index (χ1) is 10.1. The average molecular weight is 295 g/mol. The molecular formula is C15H25N3O3. The molecule has 1 atom stereocenters. The van der Waals surface area contributed by atoms with Crippen LogP contribution in [0.5, 0.6) is 0 Å². The van der Waals surface area contributed by atoms with Crippen LogP contribution in [0.1, 0.15) is 55.2 Å². The number of aryl methyl sites for hydroxylation is 1. The van der Waals surface area contributed by atoms with Gasteiger partial charge in [0.15, 0.2) is 5.82 Å². The van der Waals surface area contributed by atoms with Crippen LogP contribution < -0.4 is 5.32 Å². The van der Waals surface area contributed by atoms with Gasteiger partial charge in [-0.15, -0.1) is 5.10 Å². The summed E-state index contributed by atoms with van der Waals surface area (Å²) >= 11 is 0. The van der Waals surface area contributed by atoms with Crippen molar-refractivity contribution >= 4 is 11.8 Å². The highest BCUT2D eigenvalue weighted by atomic mass is 16.4. The second kappa shape index (κ2) is 8.56. The lowest BCUT2D eigenvalue weighted by Crippen LogP contribution is -2.20. The van der Waals surface area contributed by atoms with Gasteiger partial charge in [-0.2, -0.15) is 5.10 Å². The first-order valence-electron chi connectivity index (χ1n) is 7.55. The second-order valence-electron chi connectivity index (χ2n) is 5.03. The zero-order chi connectivity index (χ0) is 15.8. The molecule has 3 N–H and O–H groups in total. The van der Waals surface area contributed by atoms with Crippen molar-refractivity contribution in [3.8, 4) is 0 Å². The average Bonchev–Trinajstić information content (AvgIpc) is 2.49. The summed E-state index contributed by atoms with van der Waals surface area (Å²) in [6.45, 7) is 6.62. The molecule has 0 fully saturated rings. The standard InChI is InChI=1S/C15H25N3O3/c1-4-10(7-8-19)9-16-14-13(15(20)21)11(5-2)12(6-3)17-18-14/h10,19H,4-9H2,1-3H3,(H,16,18)(H,20,21). The van der Waals surface area contributed by atoms with Crippen LogP contribution in [0.25, 0.3) is 0 Å². The van der Waals surface area contributed by atoms with Gasteiger partial charge in [0.05, 0.1) is 5.69 Å². The maximum absolute atomic E-state index is 11.6. The number of aromatic carboxylic acids is 1. The van der Waals surface area contributed by atoms with Gasteiger partial charge in [0.25, 0.3) is 0 Å². The zero-order valence-electron chi connectivity index (χ0n) is 13.0. The predicted octanol–water partition coefficient (Wildman–Crippen LogP) is 2.12. The fourth-order valence-electron chi connectivity index (χ4n) is 2.40. The number of hydrogen-bond acceptors (Lipinski definition) is 5. The number of nitrogens with one attached hydrogen (secondary N) is 1. The van der Waals surface area contributed by atoms with Crippen molar-refractivity contribution in [3.63, 3.8) is 0 Å². The van der Waals surface area contributed by atoms with Crippen LogP contribution >= 0.6 is 0 Å². The summed E-state index contributed by atoms with van der Waals surface area (Å²) in [6, 6.07) is 0. The lowest BCUT2D eigenvalue weighted by atomic mass is 10.0. The van der Waals surface area contributed by atoms with Crippen LogP contribution in [0.2, 0.25) is 0 Å². The Balaban J connectivity index is 3.04. The molecule has 0 bridgehead atoms. The van der Waals surface area contributed by atoms with Gasteiger partial charge in [0, 0.05) is 13.2 Å². The van der Waals surface area contributed by atoms with Crippen LogP contribution in [0.15, 0.2) is 0 Å². The topological polar surface area (TPSA) is 95.3 Å². The normalized spacial score (nSPS) is 12.2. The van der Waals surface area contributed by atoms with E-state index in [1.807, 2.05) is 20.8 Å². The van der Waals surface area contributed by atoms with Crippen molar-refractivity contribution in [2.75, 3.05) is 18.5 Å². The molecule has 1 aromatic rings. The van der Waals surface area contributed by atoms with Gasteiger partial charge in [0.1, 0.15) is 5.56 Å². The number of hydrogen-bond donors (Lipinski definition) is 3. The maximum atomic E-state index is 11.6. The van der Waals surface area contributed by atoms with E-state index in [1.165, 1.54) is 0 Å². The predicted molar refractivity (Wildman–Crippen MR) is 81.7 cm³/mol. The van der Waals surface area contributed by atoms with Gasteiger partial charge < -0.3 is 15.5 Å². The van der Waals surface area contributed by atoms with E-state index < -0.39 is 5.97 Å². The van der Waals surface area contributed by atoms with Crippen molar-refractivity contribution in [3.05, 3.63) is 16.8 Å². The molecule has 1 heterocycles. The van der Waals surface area contributed by atoms with E-state index in [9.17, 15) is 9.90 Å². The third-order valence-electron chi connectivity index (χ3n) is 3.73. The lowest BCUT2D eigenvalue weighted by Gasteiger charge is -2.17. The molecule has 0 saturated carbocycles. The highest BCUT2D eigenvalue weighted by Gasteiger charge is 2.20. The van der Waals surface area contributed by atoms with Crippen LogP contribution in [-0.4, -0.2) is 39.5 Å². The van der Waals surface area contributed by atoms with Gasteiger partial charge in [-0.25, -0.2) is 4.79 Å². The summed E-state index contributed by atoms with van der Waals surface area (Å²) in [5, 5.41) is 29.8. The Hall–Kier alpha value is -1.69. The molecule has 0 radical (unpaired) electrons. The number of aliphatic hydroxyl groups excluding tert-OH is 1. The maximum Gasteiger partial charge on any atom is 0.339 e. The first-order valence-corrected chi connectivity index (χ1v) is 7.55. The molecule has 0 amide bonds. The Morgan fingerprint density at radius 2 is 1.95 bits per heavy atom. The van der Waals surface area contributed by atoms with Crippen molar-refractivity contribution in [2.45, 2.75) is 46.5 Å². The van der Waals surface area contributed by atoms with Gasteiger partial charge in [0.2, 0.25) is 0 Å². The lowest BCUT2D eigenvalue weighted by molar-refractivity contribution is 0.0696. The smallest absolute Gasteiger partial charge is 0.339 e. The Morgan fingerprint density at radius 3 is 2.43 bits per heavy atom. The molecule has 21 heavy (non-hydrogen) atoms. The highest BCUT2D eigenvalue weighted by Crippen LogP contribution is 2.21. The fraction of sp³-hybridized carbons (Fsp3) is 0.667. The van der Waals surface area contributed by atoms with Crippen molar-refractivity contribution in [1.82, 2.24) is 10.2 Å². The van der Waals surface area contributed by atoms with E-state index in [-0.39, 0.29) is 18.1 Å². The molecule has 0 aliphatic heterocycles. The molecule has 1 rings (SSSR count). The second-order valence-corrected chi connectivity index (χ2v) is 5.03. The minimum atomic E-state index is -0.978. The minimum Gasteiger partial charge on any atom is -0.478 e. The number of rotatable bonds is 9. The largest absolute Gasteiger partial charge is 0.478 e. The highest BCUT2D eigenvalue weighted by molar-refractivity contribution is 5.95. The Morgan fingerprint density at radius 1 is 1.24 bits per heavy atom.